The van der Waals surface area contributed by atoms with Gasteiger partial charge in [0.15, 0.2) is 0 Å². The number of thioether (sulfide) groups is 1. The second kappa shape index (κ2) is 16.0. The largest absolute Gasteiger partial charge is 0.457 e. The van der Waals surface area contributed by atoms with Crippen LogP contribution in [0.25, 0.3) is 0 Å². The minimum Gasteiger partial charge on any atom is -0.457 e. The Hall–Kier alpha value is -3.86. The molecular weight excluding hydrogens is 558 g/mol. The monoisotopic (exact) mass is 597 g/mol. The summed E-state index contributed by atoms with van der Waals surface area (Å²) in [6.07, 6.45) is -1.62. The van der Waals surface area contributed by atoms with Crippen molar-refractivity contribution in [3.8, 4) is 0 Å². The maximum absolute atomic E-state index is 13.7. The van der Waals surface area contributed by atoms with Crippen LogP contribution in [-0.2, 0) is 41.7 Å². The van der Waals surface area contributed by atoms with Gasteiger partial charge >= 0.3 is 12.1 Å². The highest BCUT2D eigenvalue weighted by molar-refractivity contribution is 7.99. The number of esters is 1. The van der Waals surface area contributed by atoms with Crippen molar-refractivity contribution in [1.29, 1.82) is 0 Å². The summed E-state index contributed by atoms with van der Waals surface area (Å²) in [5, 5.41) is 5.49. The summed E-state index contributed by atoms with van der Waals surface area (Å²) in [5.41, 5.74) is 1.52. The second-order valence-electron chi connectivity index (χ2n) is 10.8. The number of nitrogens with one attached hydrogen (secondary N) is 2. The molecule has 2 aromatic carbocycles. The molecule has 0 aliphatic carbocycles. The normalized spacial score (nSPS) is 16.0. The van der Waals surface area contributed by atoms with E-state index in [4.69, 9.17) is 9.47 Å². The van der Waals surface area contributed by atoms with Gasteiger partial charge in [-0.15, -0.1) is 11.8 Å². The molecule has 0 saturated carbocycles. The lowest BCUT2D eigenvalue weighted by atomic mass is 9.94. The average Bonchev–Trinajstić information content (AvgIpc) is 3.42. The van der Waals surface area contributed by atoms with Crippen molar-refractivity contribution in [1.82, 2.24) is 15.5 Å². The number of ketones is 1. The van der Waals surface area contributed by atoms with Crippen LogP contribution in [0.1, 0.15) is 45.2 Å². The zero-order valence-electron chi connectivity index (χ0n) is 24.4. The Labute approximate surface area is 250 Å². The van der Waals surface area contributed by atoms with Crippen molar-refractivity contribution in [2.24, 2.45) is 11.8 Å². The molecule has 2 aromatic rings. The summed E-state index contributed by atoms with van der Waals surface area (Å²) in [4.78, 5) is 66.7. The van der Waals surface area contributed by atoms with Crippen LogP contribution in [-0.4, -0.2) is 64.5 Å². The van der Waals surface area contributed by atoms with Crippen molar-refractivity contribution >= 4 is 41.4 Å². The van der Waals surface area contributed by atoms with E-state index >= 15 is 0 Å². The van der Waals surface area contributed by atoms with E-state index in [2.05, 4.69) is 10.6 Å². The molecule has 1 saturated heterocycles. The molecule has 10 nitrogen and oxygen atoms in total. The first-order valence-electron chi connectivity index (χ1n) is 14.0. The van der Waals surface area contributed by atoms with Gasteiger partial charge in [-0.1, -0.05) is 74.5 Å². The lowest BCUT2D eigenvalue weighted by molar-refractivity contribution is -0.160. The van der Waals surface area contributed by atoms with Crippen LogP contribution < -0.4 is 10.6 Å². The van der Waals surface area contributed by atoms with Gasteiger partial charge in [0.05, 0.1) is 12.0 Å². The van der Waals surface area contributed by atoms with E-state index in [0.29, 0.717) is 17.7 Å². The van der Waals surface area contributed by atoms with E-state index in [1.54, 1.807) is 38.1 Å². The van der Waals surface area contributed by atoms with Crippen molar-refractivity contribution in [2.75, 3.05) is 11.6 Å². The molecule has 0 spiro atoms. The number of hydrogen-bond acceptors (Lipinski definition) is 8. The molecule has 1 fully saturated rings. The molecule has 1 aliphatic heterocycles. The summed E-state index contributed by atoms with van der Waals surface area (Å²) >= 11 is 1.43. The van der Waals surface area contributed by atoms with E-state index < -0.39 is 48.0 Å². The molecule has 2 N–H and O–H groups in total. The number of benzene rings is 2. The van der Waals surface area contributed by atoms with Crippen LogP contribution in [0.2, 0.25) is 0 Å². The van der Waals surface area contributed by atoms with Gasteiger partial charge in [-0.05, 0) is 43.7 Å². The number of rotatable bonds is 13. The van der Waals surface area contributed by atoms with E-state index in [-0.39, 0.29) is 30.7 Å². The van der Waals surface area contributed by atoms with Crippen LogP contribution in [0.4, 0.5) is 4.79 Å². The van der Waals surface area contributed by atoms with Gasteiger partial charge in [-0.2, -0.15) is 0 Å². The first-order chi connectivity index (χ1) is 20.0. The van der Waals surface area contributed by atoms with Crippen LogP contribution >= 0.6 is 11.8 Å². The fourth-order valence-corrected chi connectivity index (χ4v) is 5.51. The SMILES string of the molecule is CC(C)C[C@H](NC(=O)OCc1ccccc1)C(=O)N1CSC[C@@H]1NC(=O)[C@@H](Cc1ccccc1)C(=O)C(=O)OC(C)C. The summed E-state index contributed by atoms with van der Waals surface area (Å²) in [6, 6.07) is 17.2. The Bertz CT molecular complexity index is 1220. The van der Waals surface area contributed by atoms with Crippen LogP contribution in [0.15, 0.2) is 60.7 Å². The zero-order chi connectivity index (χ0) is 30.6. The molecule has 1 aliphatic rings. The predicted molar refractivity (Wildman–Crippen MR) is 159 cm³/mol. The minimum atomic E-state index is -1.33. The van der Waals surface area contributed by atoms with Gasteiger partial charge in [0, 0.05) is 5.75 Å². The Kier molecular flexibility index (Phi) is 12.4. The van der Waals surface area contributed by atoms with E-state index in [0.717, 1.165) is 5.56 Å². The van der Waals surface area contributed by atoms with Gasteiger partial charge in [0.25, 0.3) is 5.78 Å². The van der Waals surface area contributed by atoms with Crippen molar-refractivity contribution in [3.63, 3.8) is 0 Å². The molecule has 0 bridgehead atoms. The third kappa shape index (κ3) is 9.90. The molecule has 0 aromatic heterocycles. The van der Waals surface area contributed by atoms with Crippen molar-refractivity contribution in [3.05, 3.63) is 71.8 Å². The number of hydrogen-bond donors (Lipinski definition) is 2. The molecule has 11 heteroatoms. The molecule has 3 rings (SSSR count). The highest BCUT2D eigenvalue weighted by Gasteiger charge is 2.39. The summed E-state index contributed by atoms with van der Waals surface area (Å²) in [5.74, 6) is -3.67. The van der Waals surface area contributed by atoms with Gasteiger partial charge in [-0.25, -0.2) is 9.59 Å². The van der Waals surface area contributed by atoms with Crippen molar-refractivity contribution < 1.29 is 33.4 Å². The van der Waals surface area contributed by atoms with Gasteiger partial charge < -0.3 is 25.0 Å². The minimum absolute atomic E-state index is 0.00268. The average molecular weight is 598 g/mol. The third-order valence-electron chi connectivity index (χ3n) is 6.44. The van der Waals surface area contributed by atoms with E-state index in [1.807, 2.05) is 50.2 Å². The number of ether oxygens (including phenoxy) is 2. The van der Waals surface area contributed by atoms with Gasteiger partial charge in [-0.3, -0.25) is 14.4 Å². The lowest BCUT2D eigenvalue weighted by Crippen LogP contribution is -2.56. The third-order valence-corrected chi connectivity index (χ3v) is 7.46. The standard InChI is InChI=1S/C31H39N3O7S/c1-20(2)15-25(32-31(39)40-17-23-13-9-6-10-14-23)29(37)34-19-42-18-26(34)33-28(36)24(16-22-11-7-5-8-12-22)27(35)30(38)41-21(3)4/h5-14,20-21,24-26H,15-19H2,1-4H3,(H,32,39)(H,33,36)/t24-,25-,26+/m0/s1. The van der Waals surface area contributed by atoms with Crippen LogP contribution in [0.5, 0.6) is 0 Å². The van der Waals surface area contributed by atoms with Gasteiger partial charge in [0.2, 0.25) is 11.8 Å². The molecule has 0 unspecified atom stereocenters. The van der Waals surface area contributed by atoms with E-state index in [1.165, 1.54) is 16.7 Å². The quantitative estimate of drug-likeness (QED) is 0.203. The second-order valence-corrected chi connectivity index (χ2v) is 11.8. The Balaban J connectivity index is 1.71. The molecule has 42 heavy (non-hydrogen) atoms. The topological polar surface area (TPSA) is 131 Å². The maximum Gasteiger partial charge on any atom is 0.408 e. The first-order valence-corrected chi connectivity index (χ1v) is 15.1. The fraction of sp³-hybridized carbons (Fsp3) is 0.452. The molecule has 3 atom stereocenters. The number of nitrogens with zero attached hydrogens (tertiary/aromatic N) is 1. The smallest absolute Gasteiger partial charge is 0.408 e. The van der Waals surface area contributed by atoms with Gasteiger partial charge in [0.1, 0.15) is 24.7 Å². The molecule has 1 heterocycles. The highest BCUT2D eigenvalue weighted by atomic mass is 32.2. The number of Topliss-reactive ketones (excluding diaryl/α,β-unsaturated/α-hetero) is 1. The highest BCUT2D eigenvalue weighted by Crippen LogP contribution is 2.23. The number of amides is 3. The van der Waals surface area contributed by atoms with Crippen LogP contribution in [0, 0.1) is 11.8 Å². The number of carbonyl (C=O) groups excluding carboxylic acids is 5. The Morgan fingerprint density at radius 1 is 0.929 bits per heavy atom. The van der Waals surface area contributed by atoms with E-state index in [9.17, 15) is 24.0 Å². The molecular formula is C31H39N3O7S. The fourth-order valence-electron chi connectivity index (χ4n) is 4.41. The molecule has 0 radical (unpaired) electrons. The predicted octanol–water partition coefficient (Wildman–Crippen LogP) is 3.68. The zero-order valence-corrected chi connectivity index (χ0v) is 25.2. The van der Waals surface area contributed by atoms with Crippen molar-refractivity contribution in [2.45, 2.75) is 65.5 Å². The summed E-state index contributed by atoms with van der Waals surface area (Å²) < 4.78 is 10.4. The number of alkyl carbamates (subject to hydrolysis) is 1. The molecule has 3 amide bonds. The first kappa shape index (κ1) is 32.7. The van der Waals surface area contributed by atoms with Crippen LogP contribution in [0.3, 0.4) is 0 Å². The number of carbonyl (C=O) groups is 5. The lowest BCUT2D eigenvalue weighted by Gasteiger charge is -2.30. The Morgan fingerprint density at radius 3 is 2.14 bits per heavy atom. The maximum atomic E-state index is 13.7. The Morgan fingerprint density at radius 2 is 1.55 bits per heavy atom. The summed E-state index contributed by atoms with van der Waals surface area (Å²) in [7, 11) is 0. The summed E-state index contributed by atoms with van der Waals surface area (Å²) in [6.45, 7) is 7.17. The molecule has 226 valence electrons.